The highest BCUT2D eigenvalue weighted by Crippen LogP contribution is 2.66. The van der Waals surface area contributed by atoms with E-state index in [0.29, 0.717) is 23.4 Å². The fraction of sp³-hybridized carbons (Fsp3) is 0.667. The fourth-order valence-corrected chi connectivity index (χ4v) is 5.13. The molecule has 0 radical (unpaired) electrons. The van der Waals surface area contributed by atoms with Crippen LogP contribution in [0.25, 0.3) is 0 Å². The molecule has 0 N–H and O–H groups in total. The van der Waals surface area contributed by atoms with Gasteiger partial charge in [0.25, 0.3) is 0 Å². The Morgan fingerprint density at radius 3 is 2.38 bits per heavy atom. The fourth-order valence-electron chi connectivity index (χ4n) is 5.13. The van der Waals surface area contributed by atoms with E-state index in [9.17, 15) is 9.59 Å². The van der Waals surface area contributed by atoms with Gasteiger partial charge in [-0.2, -0.15) is 0 Å². The van der Waals surface area contributed by atoms with Gasteiger partial charge in [-0.15, -0.1) is 0 Å². The maximum Gasteiger partial charge on any atom is 0.362 e. The third-order valence-electron chi connectivity index (χ3n) is 7.71. The first-order valence-corrected chi connectivity index (χ1v) is 10.7. The number of nitrogens with zero attached hydrogens (tertiary/aromatic N) is 1. The molecule has 29 heavy (non-hydrogen) atoms. The van der Waals surface area contributed by atoms with Gasteiger partial charge in [0.1, 0.15) is 12.7 Å². The van der Waals surface area contributed by atoms with Gasteiger partial charge < -0.3 is 14.0 Å². The molecule has 0 aliphatic heterocycles. The average molecular weight is 403 g/mol. The van der Waals surface area contributed by atoms with E-state index in [-0.39, 0.29) is 42.0 Å². The topological polar surface area (TPSA) is 52.6 Å². The van der Waals surface area contributed by atoms with E-state index in [1.54, 1.807) is 0 Å². The molecule has 3 unspecified atom stereocenters. The molecular weight excluding hydrogens is 366 g/mol. The van der Waals surface area contributed by atoms with Crippen molar-refractivity contribution in [1.82, 2.24) is 0 Å². The van der Waals surface area contributed by atoms with Crippen LogP contribution in [0.3, 0.4) is 0 Å². The molecule has 2 aliphatic rings. The van der Waals surface area contributed by atoms with Crippen LogP contribution >= 0.6 is 0 Å². The molecule has 0 spiro atoms. The summed E-state index contributed by atoms with van der Waals surface area (Å²) in [6.45, 7) is 7.98. The molecule has 160 valence electrons. The van der Waals surface area contributed by atoms with Gasteiger partial charge in [-0.05, 0) is 36.2 Å². The molecule has 2 aliphatic carbocycles. The van der Waals surface area contributed by atoms with E-state index in [4.69, 9.17) is 9.47 Å². The van der Waals surface area contributed by atoms with Gasteiger partial charge in [-0.1, -0.05) is 51.1 Å². The third-order valence-corrected chi connectivity index (χ3v) is 7.71. The number of carbonyl (C=O) groups excluding carboxylic acids is 2. The van der Waals surface area contributed by atoms with Crippen molar-refractivity contribution in [2.24, 2.45) is 16.7 Å². The van der Waals surface area contributed by atoms with Crippen LogP contribution in [0.5, 0.6) is 0 Å². The minimum atomic E-state index is -0.255. The molecule has 0 heterocycles. The first kappa shape index (κ1) is 21.8. The van der Waals surface area contributed by atoms with Gasteiger partial charge in [0.15, 0.2) is 6.54 Å². The normalized spacial score (nSPS) is 27.6. The second-order valence-electron chi connectivity index (χ2n) is 10.3. The predicted molar refractivity (Wildman–Crippen MR) is 112 cm³/mol. The average Bonchev–Trinajstić information content (AvgIpc) is 2.99. The molecule has 3 atom stereocenters. The zero-order valence-corrected chi connectivity index (χ0v) is 18.6. The van der Waals surface area contributed by atoms with Crippen LogP contribution in [0.1, 0.15) is 52.0 Å². The van der Waals surface area contributed by atoms with E-state index in [2.05, 4.69) is 20.8 Å². The smallest absolute Gasteiger partial charge is 0.362 e. The van der Waals surface area contributed by atoms with Gasteiger partial charge in [-0.25, -0.2) is 4.79 Å². The molecular formula is C24H36NO4+. The number of rotatable bonds is 8. The summed E-state index contributed by atoms with van der Waals surface area (Å²) in [4.78, 5) is 24.7. The van der Waals surface area contributed by atoms with E-state index in [1.807, 2.05) is 44.4 Å². The molecule has 3 rings (SSSR count). The summed E-state index contributed by atoms with van der Waals surface area (Å²) in [7, 11) is 3.89. The lowest BCUT2D eigenvalue weighted by atomic mass is 9.70. The lowest BCUT2D eigenvalue weighted by molar-refractivity contribution is -0.882. The van der Waals surface area contributed by atoms with Crippen molar-refractivity contribution in [3.8, 4) is 0 Å². The molecule has 5 nitrogen and oxygen atoms in total. The Bertz CT molecular complexity index is 743. The highest BCUT2D eigenvalue weighted by Gasteiger charge is 2.62. The highest BCUT2D eigenvalue weighted by molar-refractivity contribution is 5.71. The first-order valence-electron chi connectivity index (χ1n) is 10.7. The number of hydrogen-bond donors (Lipinski definition) is 0. The lowest BCUT2D eigenvalue weighted by Crippen LogP contribution is -2.46. The van der Waals surface area contributed by atoms with Crippen LogP contribution in [-0.4, -0.2) is 49.7 Å². The molecule has 0 amide bonds. The summed E-state index contributed by atoms with van der Waals surface area (Å²) in [5, 5.41) is 0. The number of esters is 2. The second-order valence-corrected chi connectivity index (χ2v) is 10.3. The number of fused-ring (bicyclic) bond motifs is 2. The first-order chi connectivity index (χ1) is 13.5. The number of ether oxygens (including phenoxy) is 2. The maximum absolute atomic E-state index is 12.5. The van der Waals surface area contributed by atoms with Gasteiger partial charge in [0.05, 0.1) is 27.1 Å². The van der Waals surface area contributed by atoms with Gasteiger partial charge >= 0.3 is 11.9 Å². The maximum atomic E-state index is 12.5. The van der Waals surface area contributed by atoms with Gasteiger partial charge in [0, 0.05) is 5.41 Å². The zero-order valence-electron chi connectivity index (χ0n) is 18.6. The number of carbonyl (C=O) groups is 2. The largest absolute Gasteiger partial charge is 0.462 e. The van der Waals surface area contributed by atoms with E-state index in [0.717, 1.165) is 18.4 Å². The highest BCUT2D eigenvalue weighted by atomic mass is 16.5. The Morgan fingerprint density at radius 2 is 1.79 bits per heavy atom. The number of quaternary nitrogens is 1. The summed E-state index contributed by atoms with van der Waals surface area (Å²) in [6.07, 6.45) is 3.70. The van der Waals surface area contributed by atoms with Crippen molar-refractivity contribution in [2.45, 2.75) is 59.2 Å². The summed E-state index contributed by atoms with van der Waals surface area (Å²) in [6, 6.07) is 9.64. The van der Waals surface area contributed by atoms with Crippen LogP contribution in [-0.2, 0) is 25.7 Å². The minimum absolute atomic E-state index is 0.0233. The van der Waals surface area contributed by atoms with Crippen LogP contribution in [0.4, 0.5) is 0 Å². The molecule has 0 aromatic heterocycles. The zero-order chi connectivity index (χ0) is 21.3. The molecule has 1 aromatic rings. The lowest BCUT2D eigenvalue weighted by Gasteiger charge is -2.38. The van der Waals surface area contributed by atoms with Gasteiger partial charge in [0.2, 0.25) is 0 Å². The van der Waals surface area contributed by atoms with Crippen molar-refractivity contribution in [3.63, 3.8) is 0 Å². The quantitative estimate of drug-likeness (QED) is 0.488. The third kappa shape index (κ3) is 4.66. The molecule has 1 aromatic carbocycles. The predicted octanol–water partition coefficient (Wildman–Crippen LogP) is 3.95. The van der Waals surface area contributed by atoms with E-state index in [1.165, 1.54) is 6.42 Å². The number of likely N-dealkylation sites (N-methyl/N-ethyl adjacent to an activating group) is 1. The summed E-state index contributed by atoms with van der Waals surface area (Å²) in [5.74, 6) is 0.245. The van der Waals surface area contributed by atoms with E-state index >= 15 is 0 Å². The van der Waals surface area contributed by atoms with Crippen molar-refractivity contribution >= 4 is 11.9 Å². The Kier molecular flexibility index (Phi) is 6.09. The SMILES string of the molecule is CC1(C)C2CCC1(C)C(OC(=O)CC[N+](C)(C)CC(=O)OCc1ccccc1)C2. The summed E-state index contributed by atoms with van der Waals surface area (Å²) >= 11 is 0. The Labute approximate surface area is 175 Å². The Morgan fingerprint density at radius 1 is 1.10 bits per heavy atom. The van der Waals surface area contributed by atoms with Crippen molar-refractivity contribution in [1.29, 1.82) is 0 Å². The number of hydrogen-bond acceptors (Lipinski definition) is 4. The Balaban J connectivity index is 1.43. The Hall–Kier alpha value is -1.88. The monoisotopic (exact) mass is 402 g/mol. The molecule has 5 heteroatoms. The minimum Gasteiger partial charge on any atom is -0.462 e. The second kappa shape index (κ2) is 8.10. The number of benzene rings is 1. The van der Waals surface area contributed by atoms with Crippen molar-refractivity contribution in [3.05, 3.63) is 35.9 Å². The standard InChI is InChI=1S/C24H36NO4/c1-23(2)19-11-13-24(23,3)20(15-19)29-21(26)12-14-25(4,5)16-22(27)28-17-18-9-7-6-8-10-18/h6-10,19-20H,11-17H2,1-5H3/q+1. The molecule has 2 saturated carbocycles. The van der Waals surface area contributed by atoms with Crippen molar-refractivity contribution < 1.29 is 23.5 Å². The van der Waals surface area contributed by atoms with E-state index < -0.39 is 0 Å². The summed E-state index contributed by atoms with van der Waals surface area (Å²) < 4.78 is 11.7. The summed E-state index contributed by atoms with van der Waals surface area (Å²) in [5.41, 5.74) is 1.28. The van der Waals surface area contributed by atoms with Crippen LogP contribution in [0.15, 0.2) is 30.3 Å². The van der Waals surface area contributed by atoms with Crippen LogP contribution in [0.2, 0.25) is 0 Å². The van der Waals surface area contributed by atoms with Crippen LogP contribution < -0.4 is 0 Å². The molecule has 0 saturated heterocycles. The van der Waals surface area contributed by atoms with Gasteiger partial charge in [-0.3, -0.25) is 4.79 Å². The van der Waals surface area contributed by atoms with Crippen molar-refractivity contribution in [2.75, 3.05) is 27.2 Å². The molecule has 2 fully saturated rings. The molecule has 2 bridgehead atoms. The van der Waals surface area contributed by atoms with Crippen LogP contribution in [0, 0.1) is 16.7 Å².